The zero-order chi connectivity index (χ0) is 14.4. The Bertz CT molecular complexity index is 439. The van der Waals surface area contributed by atoms with Crippen molar-refractivity contribution in [3.63, 3.8) is 0 Å². The van der Waals surface area contributed by atoms with Gasteiger partial charge in [-0.3, -0.25) is 4.90 Å². The lowest BCUT2D eigenvalue weighted by Crippen LogP contribution is -2.33. The Labute approximate surface area is 119 Å². The van der Waals surface area contributed by atoms with E-state index in [-0.39, 0.29) is 17.5 Å². The lowest BCUT2D eigenvalue weighted by molar-refractivity contribution is 0.263. The molecule has 0 aromatic heterocycles. The summed E-state index contributed by atoms with van der Waals surface area (Å²) in [6, 6.07) is 5.03. The highest BCUT2D eigenvalue weighted by molar-refractivity contribution is 7.80. The Morgan fingerprint density at radius 2 is 2.21 bits per heavy atom. The molecule has 5 heteroatoms. The molecule has 19 heavy (non-hydrogen) atoms. The summed E-state index contributed by atoms with van der Waals surface area (Å²) in [5.74, 6) is 0.0831. The van der Waals surface area contributed by atoms with E-state index < -0.39 is 0 Å². The first kappa shape index (κ1) is 15.9. The lowest BCUT2D eigenvalue weighted by atomic mass is 10.1. The van der Waals surface area contributed by atoms with Crippen molar-refractivity contribution in [1.82, 2.24) is 4.90 Å². The minimum Gasteiger partial charge on any atom is -0.494 e. The van der Waals surface area contributed by atoms with Crippen LogP contribution in [0.5, 0.6) is 5.75 Å². The van der Waals surface area contributed by atoms with Crippen molar-refractivity contribution >= 4 is 17.2 Å². The summed E-state index contributed by atoms with van der Waals surface area (Å²) in [6.45, 7) is 6.37. The zero-order valence-corrected chi connectivity index (χ0v) is 12.5. The maximum absolute atomic E-state index is 13.6. The van der Waals surface area contributed by atoms with Crippen LogP contribution in [0.2, 0.25) is 0 Å². The maximum atomic E-state index is 13.6. The molecule has 2 N–H and O–H groups in total. The van der Waals surface area contributed by atoms with Crippen molar-refractivity contribution in [2.75, 3.05) is 20.2 Å². The second-order valence-corrected chi connectivity index (χ2v) is 5.07. The Morgan fingerprint density at radius 1 is 1.53 bits per heavy atom. The number of nitrogens with zero attached hydrogens (tertiary/aromatic N) is 1. The summed E-state index contributed by atoms with van der Waals surface area (Å²) < 4.78 is 18.5. The van der Waals surface area contributed by atoms with Crippen molar-refractivity contribution in [2.24, 2.45) is 11.7 Å². The molecule has 0 bridgehead atoms. The van der Waals surface area contributed by atoms with E-state index in [1.54, 1.807) is 6.07 Å². The second kappa shape index (κ2) is 7.40. The smallest absolute Gasteiger partial charge is 0.165 e. The molecule has 106 valence electrons. The number of halogens is 1. The number of thiocarbonyl (C=S) groups is 1. The Kier molecular flexibility index (Phi) is 6.18. The lowest BCUT2D eigenvalue weighted by Gasteiger charge is -2.24. The molecule has 0 saturated carbocycles. The molecule has 3 nitrogen and oxygen atoms in total. The summed E-state index contributed by atoms with van der Waals surface area (Å²) in [6.07, 6.45) is 0. The molecule has 1 rings (SSSR count). The van der Waals surface area contributed by atoms with Crippen molar-refractivity contribution < 1.29 is 9.13 Å². The molecule has 0 radical (unpaired) electrons. The first-order valence-electron chi connectivity index (χ1n) is 6.32. The Morgan fingerprint density at radius 3 is 2.68 bits per heavy atom. The maximum Gasteiger partial charge on any atom is 0.165 e. The van der Waals surface area contributed by atoms with E-state index in [1.807, 2.05) is 13.0 Å². The van der Waals surface area contributed by atoms with Crippen LogP contribution in [0.15, 0.2) is 18.2 Å². The van der Waals surface area contributed by atoms with E-state index in [0.717, 1.165) is 18.7 Å². The van der Waals surface area contributed by atoms with Gasteiger partial charge in [-0.1, -0.05) is 32.1 Å². The first-order valence-corrected chi connectivity index (χ1v) is 6.72. The number of hydrogen-bond donors (Lipinski definition) is 1. The van der Waals surface area contributed by atoms with Gasteiger partial charge in [-0.25, -0.2) is 4.39 Å². The quantitative estimate of drug-likeness (QED) is 0.781. The topological polar surface area (TPSA) is 38.5 Å². The summed E-state index contributed by atoms with van der Waals surface area (Å²) in [5.41, 5.74) is 6.53. The molecule has 0 saturated heterocycles. The molecular weight excluding hydrogens is 263 g/mol. The van der Waals surface area contributed by atoms with Crippen LogP contribution in [-0.2, 0) is 6.54 Å². The normalized spacial score (nSPS) is 12.5. The van der Waals surface area contributed by atoms with Gasteiger partial charge in [0, 0.05) is 19.0 Å². The van der Waals surface area contributed by atoms with Gasteiger partial charge in [0.25, 0.3) is 0 Å². The SMILES string of the molecule is CCN(Cc1ccc(OC)c(F)c1)CC(C)C(N)=S. The number of methoxy groups -OCH3 is 1. The van der Waals surface area contributed by atoms with Gasteiger partial charge in [0.15, 0.2) is 11.6 Å². The molecule has 0 aliphatic rings. The van der Waals surface area contributed by atoms with E-state index >= 15 is 0 Å². The third-order valence-corrected chi connectivity index (χ3v) is 3.49. The second-order valence-electron chi connectivity index (χ2n) is 4.60. The van der Waals surface area contributed by atoms with Crippen molar-refractivity contribution in [2.45, 2.75) is 20.4 Å². The highest BCUT2D eigenvalue weighted by Crippen LogP contribution is 2.19. The van der Waals surface area contributed by atoms with Gasteiger partial charge >= 0.3 is 0 Å². The number of rotatable bonds is 7. The minimum atomic E-state index is -0.335. The number of hydrogen-bond acceptors (Lipinski definition) is 3. The monoisotopic (exact) mass is 284 g/mol. The molecule has 1 unspecified atom stereocenters. The molecule has 1 atom stereocenters. The molecule has 0 fully saturated rings. The molecule has 0 aliphatic heterocycles. The molecule has 0 spiro atoms. The number of ether oxygens (including phenoxy) is 1. The summed E-state index contributed by atoms with van der Waals surface area (Å²) in [7, 11) is 1.46. The molecule has 0 aliphatic carbocycles. The Hall–Kier alpha value is -1.20. The first-order chi connectivity index (χ1) is 8.97. The summed E-state index contributed by atoms with van der Waals surface area (Å²) in [5, 5.41) is 0. The van der Waals surface area contributed by atoms with Gasteiger partial charge in [0.1, 0.15) is 0 Å². The standard InChI is InChI=1S/C14H21FN2OS/c1-4-17(8-10(2)14(16)19)9-11-5-6-13(18-3)12(15)7-11/h5-7,10H,4,8-9H2,1-3H3,(H2,16,19). The van der Waals surface area contributed by atoms with Crippen LogP contribution in [0.3, 0.4) is 0 Å². The molecule has 0 amide bonds. The molecular formula is C14H21FN2OS. The number of nitrogens with two attached hydrogens (primary N) is 1. The average Bonchev–Trinajstić information content (AvgIpc) is 2.37. The van der Waals surface area contributed by atoms with E-state index in [4.69, 9.17) is 22.7 Å². The molecule has 1 aromatic carbocycles. The number of benzene rings is 1. The van der Waals surface area contributed by atoms with E-state index in [9.17, 15) is 4.39 Å². The third kappa shape index (κ3) is 4.76. The van der Waals surface area contributed by atoms with Crippen LogP contribution in [-0.4, -0.2) is 30.1 Å². The van der Waals surface area contributed by atoms with Crippen LogP contribution >= 0.6 is 12.2 Å². The van der Waals surface area contributed by atoms with Crippen LogP contribution in [0.1, 0.15) is 19.4 Å². The van der Waals surface area contributed by atoms with Crippen LogP contribution in [0.25, 0.3) is 0 Å². The van der Waals surface area contributed by atoms with Gasteiger partial charge in [0.2, 0.25) is 0 Å². The summed E-state index contributed by atoms with van der Waals surface area (Å²) in [4.78, 5) is 2.70. The Balaban J connectivity index is 2.70. The predicted octanol–water partition coefficient (Wildman–Crippen LogP) is 2.58. The van der Waals surface area contributed by atoms with Gasteiger partial charge in [-0.15, -0.1) is 0 Å². The van der Waals surface area contributed by atoms with Crippen LogP contribution in [0, 0.1) is 11.7 Å². The van der Waals surface area contributed by atoms with Crippen LogP contribution in [0.4, 0.5) is 4.39 Å². The highest BCUT2D eigenvalue weighted by atomic mass is 32.1. The van der Waals surface area contributed by atoms with E-state index in [2.05, 4.69) is 11.8 Å². The largest absolute Gasteiger partial charge is 0.494 e. The minimum absolute atomic E-state index is 0.151. The molecule has 1 aromatic rings. The van der Waals surface area contributed by atoms with Crippen molar-refractivity contribution in [3.05, 3.63) is 29.6 Å². The van der Waals surface area contributed by atoms with E-state index in [1.165, 1.54) is 13.2 Å². The fraction of sp³-hybridized carbons (Fsp3) is 0.500. The van der Waals surface area contributed by atoms with Gasteiger partial charge in [-0.2, -0.15) is 0 Å². The average molecular weight is 284 g/mol. The summed E-state index contributed by atoms with van der Waals surface area (Å²) >= 11 is 4.98. The van der Waals surface area contributed by atoms with Crippen molar-refractivity contribution in [3.8, 4) is 5.75 Å². The predicted molar refractivity (Wildman–Crippen MR) is 79.9 cm³/mol. The molecule has 0 heterocycles. The highest BCUT2D eigenvalue weighted by Gasteiger charge is 2.12. The van der Waals surface area contributed by atoms with Gasteiger partial charge in [0.05, 0.1) is 12.1 Å². The van der Waals surface area contributed by atoms with Crippen molar-refractivity contribution in [1.29, 1.82) is 0 Å². The fourth-order valence-corrected chi connectivity index (χ4v) is 1.92. The van der Waals surface area contributed by atoms with E-state index in [0.29, 0.717) is 11.5 Å². The van der Waals surface area contributed by atoms with Gasteiger partial charge in [-0.05, 0) is 24.2 Å². The fourth-order valence-electron chi connectivity index (χ4n) is 1.85. The zero-order valence-electron chi connectivity index (χ0n) is 11.6. The third-order valence-electron chi connectivity index (χ3n) is 3.09. The van der Waals surface area contributed by atoms with Crippen LogP contribution < -0.4 is 10.5 Å². The van der Waals surface area contributed by atoms with Gasteiger partial charge < -0.3 is 10.5 Å².